The largest absolute Gasteiger partial charge is 0.508 e. The Bertz CT molecular complexity index is 742. The van der Waals surface area contributed by atoms with Gasteiger partial charge in [-0.15, -0.1) is 0 Å². The average molecular weight is 249 g/mol. The van der Waals surface area contributed by atoms with Crippen LogP contribution in [0.5, 0.6) is 5.75 Å². The first-order valence-electron chi connectivity index (χ1n) is 6.31. The van der Waals surface area contributed by atoms with Crippen LogP contribution in [-0.2, 0) is 0 Å². The second kappa shape index (κ2) is 4.39. The monoisotopic (exact) mass is 249 g/mol. The number of pyridine rings is 1. The van der Waals surface area contributed by atoms with E-state index in [1.807, 2.05) is 18.2 Å². The van der Waals surface area contributed by atoms with Crippen LogP contribution in [0.4, 0.5) is 0 Å². The summed E-state index contributed by atoms with van der Waals surface area (Å²) in [6, 6.07) is 15.5. The van der Waals surface area contributed by atoms with Crippen LogP contribution < -0.4 is 0 Å². The van der Waals surface area contributed by atoms with Crippen molar-refractivity contribution in [3.05, 3.63) is 59.7 Å². The Morgan fingerprint density at radius 1 is 0.895 bits per heavy atom. The third kappa shape index (κ3) is 2.06. The third-order valence-corrected chi connectivity index (χ3v) is 3.41. The van der Waals surface area contributed by atoms with Crippen molar-refractivity contribution in [2.24, 2.45) is 0 Å². The fraction of sp³-hybridized carbons (Fsp3) is 0.118. The molecule has 0 fully saturated rings. The van der Waals surface area contributed by atoms with E-state index in [0.29, 0.717) is 0 Å². The molecular weight excluding hydrogens is 234 g/mol. The lowest BCUT2D eigenvalue weighted by atomic mass is 9.99. The van der Waals surface area contributed by atoms with Gasteiger partial charge in [0.15, 0.2) is 0 Å². The van der Waals surface area contributed by atoms with Gasteiger partial charge in [-0.1, -0.05) is 24.3 Å². The van der Waals surface area contributed by atoms with Crippen molar-refractivity contribution in [3.63, 3.8) is 0 Å². The highest BCUT2D eigenvalue weighted by Crippen LogP contribution is 2.28. The van der Waals surface area contributed by atoms with E-state index in [4.69, 9.17) is 4.98 Å². The molecule has 3 rings (SSSR count). The first-order valence-corrected chi connectivity index (χ1v) is 6.31. The standard InChI is InChI=1S/C17H15NO/c1-11-4-3-5-12(2)17(11)16-8-6-13-10-14(19)7-9-15(13)18-16/h3-10,19H,1-2H3. The van der Waals surface area contributed by atoms with Gasteiger partial charge in [0.25, 0.3) is 0 Å². The first kappa shape index (κ1) is 11.7. The molecule has 0 aliphatic carbocycles. The van der Waals surface area contributed by atoms with E-state index in [0.717, 1.165) is 16.6 Å². The predicted octanol–water partition coefficient (Wildman–Crippen LogP) is 4.22. The molecule has 0 radical (unpaired) electrons. The van der Waals surface area contributed by atoms with Gasteiger partial charge in [-0.25, -0.2) is 4.98 Å². The molecular formula is C17H15NO. The topological polar surface area (TPSA) is 33.1 Å². The van der Waals surface area contributed by atoms with Crippen LogP contribution in [0.1, 0.15) is 11.1 Å². The third-order valence-electron chi connectivity index (χ3n) is 3.41. The van der Waals surface area contributed by atoms with Crippen molar-refractivity contribution in [1.29, 1.82) is 0 Å². The highest BCUT2D eigenvalue weighted by Gasteiger charge is 2.07. The molecule has 0 unspecified atom stereocenters. The molecule has 19 heavy (non-hydrogen) atoms. The second-order valence-electron chi connectivity index (χ2n) is 4.84. The Hall–Kier alpha value is -2.35. The summed E-state index contributed by atoms with van der Waals surface area (Å²) in [5.41, 5.74) is 5.53. The van der Waals surface area contributed by atoms with Crippen LogP contribution in [0.2, 0.25) is 0 Å². The number of aromatic hydroxyl groups is 1. The molecule has 1 N–H and O–H groups in total. The maximum absolute atomic E-state index is 9.48. The molecule has 0 saturated heterocycles. The molecule has 94 valence electrons. The molecule has 0 saturated carbocycles. The molecule has 1 heterocycles. The number of hydrogen-bond donors (Lipinski definition) is 1. The molecule has 0 aliphatic rings. The molecule has 0 aliphatic heterocycles. The second-order valence-corrected chi connectivity index (χ2v) is 4.84. The van der Waals surface area contributed by atoms with E-state index in [1.54, 1.807) is 12.1 Å². The van der Waals surface area contributed by atoms with E-state index < -0.39 is 0 Å². The van der Waals surface area contributed by atoms with Crippen LogP contribution in [0, 0.1) is 13.8 Å². The highest BCUT2D eigenvalue weighted by molar-refractivity contribution is 5.83. The van der Waals surface area contributed by atoms with E-state index in [2.05, 4.69) is 32.0 Å². The predicted molar refractivity (Wildman–Crippen MR) is 78.3 cm³/mol. The van der Waals surface area contributed by atoms with E-state index >= 15 is 0 Å². The van der Waals surface area contributed by atoms with Crippen LogP contribution in [-0.4, -0.2) is 10.1 Å². The minimum atomic E-state index is 0.272. The maximum Gasteiger partial charge on any atom is 0.116 e. The number of phenolic OH excluding ortho intramolecular Hbond substituents is 1. The van der Waals surface area contributed by atoms with Gasteiger partial charge in [-0.3, -0.25) is 0 Å². The van der Waals surface area contributed by atoms with Crippen LogP contribution in [0.3, 0.4) is 0 Å². The minimum absolute atomic E-state index is 0.272. The lowest BCUT2D eigenvalue weighted by Crippen LogP contribution is -1.91. The molecule has 2 nitrogen and oxygen atoms in total. The van der Waals surface area contributed by atoms with Crippen LogP contribution in [0.25, 0.3) is 22.2 Å². The highest BCUT2D eigenvalue weighted by atomic mass is 16.3. The summed E-state index contributed by atoms with van der Waals surface area (Å²) >= 11 is 0. The van der Waals surface area contributed by atoms with Gasteiger partial charge in [-0.05, 0) is 49.2 Å². The lowest BCUT2D eigenvalue weighted by molar-refractivity contribution is 0.476. The molecule has 2 heteroatoms. The molecule has 0 spiro atoms. The summed E-state index contributed by atoms with van der Waals surface area (Å²) in [6.07, 6.45) is 0. The van der Waals surface area contributed by atoms with Gasteiger partial charge in [0, 0.05) is 10.9 Å². The Kier molecular flexibility index (Phi) is 2.71. The van der Waals surface area contributed by atoms with Gasteiger partial charge < -0.3 is 5.11 Å². The average Bonchev–Trinajstić information content (AvgIpc) is 2.38. The van der Waals surface area contributed by atoms with Gasteiger partial charge in [0.05, 0.1) is 11.2 Å². The number of hydrogen-bond acceptors (Lipinski definition) is 2. The van der Waals surface area contributed by atoms with Gasteiger partial charge in [0.1, 0.15) is 5.75 Å². The smallest absolute Gasteiger partial charge is 0.116 e. The number of benzene rings is 2. The van der Waals surface area contributed by atoms with Crippen molar-refractivity contribution < 1.29 is 5.11 Å². The van der Waals surface area contributed by atoms with E-state index in [9.17, 15) is 5.11 Å². The van der Waals surface area contributed by atoms with Crippen molar-refractivity contribution in [2.45, 2.75) is 13.8 Å². The molecule has 2 aromatic carbocycles. The van der Waals surface area contributed by atoms with Gasteiger partial charge in [0.2, 0.25) is 0 Å². The Morgan fingerprint density at radius 3 is 2.37 bits per heavy atom. The number of fused-ring (bicyclic) bond motifs is 1. The lowest BCUT2D eigenvalue weighted by Gasteiger charge is -2.10. The zero-order valence-electron chi connectivity index (χ0n) is 11.0. The fourth-order valence-corrected chi connectivity index (χ4v) is 2.47. The zero-order valence-corrected chi connectivity index (χ0v) is 11.0. The maximum atomic E-state index is 9.48. The Labute approximate surface area is 112 Å². The minimum Gasteiger partial charge on any atom is -0.508 e. The Balaban J connectivity index is 2.24. The quantitative estimate of drug-likeness (QED) is 0.700. The number of rotatable bonds is 1. The molecule has 0 atom stereocenters. The molecule has 0 amide bonds. The summed E-state index contributed by atoms with van der Waals surface area (Å²) in [5.74, 6) is 0.272. The summed E-state index contributed by atoms with van der Waals surface area (Å²) < 4.78 is 0. The first-order chi connectivity index (χ1) is 9.15. The Morgan fingerprint density at radius 2 is 1.63 bits per heavy atom. The number of nitrogens with zero attached hydrogens (tertiary/aromatic N) is 1. The van der Waals surface area contributed by atoms with Crippen molar-refractivity contribution in [1.82, 2.24) is 4.98 Å². The van der Waals surface area contributed by atoms with Gasteiger partial charge in [-0.2, -0.15) is 0 Å². The number of aryl methyl sites for hydroxylation is 2. The molecule has 3 aromatic rings. The fourth-order valence-electron chi connectivity index (χ4n) is 2.47. The zero-order chi connectivity index (χ0) is 13.4. The van der Waals surface area contributed by atoms with E-state index in [1.165, 1.54) is 16.7 Å². The summed E-state index contributed by atoms with van der Waals surface area (Å²) in [5, 5.41) is 10.4. The van der Waals surface area contributed by atoms with Gasteiger partial charge >= 0.3 is 0 Å². The number of aromatic nitrogens is 1. The van der Waals surface area contributed by atoms with Crippen molar-refractivity contribution in [2.75, 3.05) is 0 Å². The molecule has 1 aromatic heterocycles. The normalized spacial score (nSPS) is 10.8. The van der Waals surface area contributed by atoms with Crippen molar-refractivity contribution in [3.8, 4) is 17.0 Å². The summed E-state index contributed by atoms with van der Waals surface area (Å²) in [6.45, 7) is 4.20. The summed E-state index contributed by atoms with van der Waals surface area (Å²) in [4.78, 5) is 4.70. The van der Waals surface area contributed by atoms with Crippen LogP contribution >= 0.6 is 0 Å². The SMILES string of the molecule is Cc1cccc(C)c1-c1ccc2cc(O)ccc2n1. The van der Waals surface area contributed by atoms with Crippen LogP contribution in [0.15, 0.2) is 48.5 Å². The number of phenols is 1. The summed E-state index contributed by atoms with van der Waals surface area (Å²) in [7, 11) is 0. The van der Waals surface area contributed by atoms with Crippen molar-refractivity contribution >= 4 is 10.9 Å². The van der Waals surface area contributed by atoms with E-state index in [-0.39, 0.29) is 5.75 Å². The molecule has 0 bridgehead atoms.